The van der Waals surface area contributed by atoms with Gasteiger partial charge in [-0.25, -0.2) is 4.79 Å². The molecule has 0 radical (unpaired) electrons. The molecule has 1 heterocycles. The summed E-state index contributed by atoms with van der Waals surface area (Å²) in [5.41, 5.74) is 2.07. The van der Waals surface area contributed by atoms with Gasteiger partial charge in [0.15, 0.2) is 0 Å². The Morgan fingerprint density at radius 2 is 1.89 bits per heavy atom. The van der Waals surface area contributed by atoms with Crippen molar-refractivity contribution in [2.75, 3.05) is 13.6 Å². The van der Waals surface area contributed by atoms with E-state index in [1.54, 1.807) is 24.1 Å². The molecule has 0 aliphatic carbocycles. The zero-order valence-corrected chi connectivity index (χ0v) is 15.8. The van der Waals surface area contributed by atoms with Gasteiger partial charge in [0, 0.05) is 24.2 Å². The summed E-state index contributed by atoms with van der Waals surface area (Å²) in [7, 11) is 1.77. The van der Waals surface area contributed by atoms with E-state index in [9.17, 15) is 4.79 Å². The average molecular weight is 385 g/mol. The van der Waals surface area contributed by atoms with E-state index in [0.29, 0.717) is 23.3 Å². The van der Waals surface area contributed by atoms with E-state index >= 15 is 0 Å². The van der Waals surface area contributed by atoms with Gasteiger partial charge in [0.25, 0.3) is 0 Å². The molecule has 0 aliphatic heterocycles. The van der Waals surface area contributed by atoms with E-state index in [2.05, 4.69) is 27.6 Å². The Morgan fingerprint density at radius 3 is 2.63 bits per heavy atom. The highest BCUT2D eigenvalue weighted by atomic mass is 35.5. The van der Waals surface area contributed by atoms with Crippen LogP contribution in [0.15, 0.2) is 59.1 Å². The Kier molecular flexibility index (Phi) is 6.44. The van der Waals surface area contributed by atoms with Gasteiger partial charge in [-0.15, -0.1) is 0 Å². The molecular formula is C20H21ClN4O2. The van der Waals surface area contributed by atoms with Crippen LogP contribution >= 0.6 is 11.6 Å². The number of aryl methyl sites for hydroxylation is 1. The van der Waals surface area contributed by atoms with E-state index in [0.717, 1.165) is 18.4 Å². The van der Waals surface area contributed by atoms with Gasteiger partial charge in [-0.05, 0) is 42.7 Å². The predicted molar refractivity (Wildman–Crippen MR) is 104 cm³/mol. The summed E-state index contributed by atoms with van der Waals surface area (Å²) in [6, 6.07) is 17.2. The van der Waals surface area contributed by atoms with Crippen LogP contribution in [0.25, 0.3) is 11.4 Å². The number of carbonyl (C=O) groups excluding carboxylic acids is 1. The molecule has 0 saturated carbocycles. The third-order valence-electron chi connectivity index (χ3n) is 4.11. The number of benzene rings is 2. The Hall–Kier alpha value is -2.86. The molecule has 2 amide bonds. The molecule has 0 spiro atoms. The van der Waals surface area contributed by atoms with E-state index in [-0.39, 0.29) is 12.6 Å². The maximum Gasteiger partial charge on any atom is 0.317 e. The molecule has 140 valence electrons. The van der Waals surface area contributed by atoms with Crippen LogP contribution in [0.5, 0.6) is 0 Å². The van der Waals surface area contributed by atoms with Crippen molar-refractivity contribution in [1.29, 1.82) is 0 Å². The van der Waals surface area contributed by atoms with Crippen LogP contribution in [0.4, 0.5) is 4.79 Å². The minimum absolute atomic E-state index is 0.172. The normalized spacial score (nSPS) is 10.6. The molecule has 7 heteroatoms. The molecule has 0 bridgehead atoms. The number of hydrogen-bond donors (Lipinski definition) is 1. The minimum atomic E-state index is -0.172. The fourth-order valence-electron chi connectivity index (χ4n) is 2.60. The van der Waals surface area contributed by atoms with Crippen molar-refractivity contribution < 1.29 is 9.32 Å². The molecule has 0 atom stereocenters. The maximum absolute atomic E-state index is 12.2. The number of aromatic nitrogens is 2. The van der Waals surface area contributed by atoms with Crippen LogP contribution < -0.4 is 5.32 Å². The Balaban J connectivity index is 1.44. The van der Waals surface area contributed by atoms with Gasteiger partial charge in [0.05, 0.1) is 6.54 Å². The maximum atomic E-state index is 12.2. The Morgan fingerprint density at radius 1 is 1.15 bits per heavy atom. The van der Waals surface area contributed by atoms with Crippen molar-refractivity contribution in [2.24, 2.45) is 0 Å². The molecule has 0 fully saturated rings. The fraction of sp³-hybridized carbons (Fsp3) is 0.250. The number of hydrogen-bond acceptors (Lipinski definition) is 4. The second-order valence-electron chi connectivity index (χ2n) is 6.19. The summed E-state index contributed by atoms with van der Waals surface area (Å²) >= 11 is 5.87. The quantitative estimate of drug-likeness (QED) is 0.663. The van der Waals surface area contributed by atoms with Crippen LogP contribution in [-0.4, -0.2) is 34.7 Å². The molecule has 2 aromatic carbocycles. The first-order valence-corrected chi connectivity index (χ1v) is 9.11. The molecule has 1 N–H and O–H groups in total. The highest BCUT2D eigenvalue weighted by Gasteiger charge is 2.12. The zero-order chi connectivity index (χ0) is 19.1. The number of nitrogens with one attached hydrogen (secondary N) is 1. The lowest BCUT2D eigenvalue weighted by Gasteiger charge is -2.17. The van der Waals surface area contributed by atoms with E-state index in [4.69, 9.17) is 16.1 Å². The van der Waals surface area contributed by atoms with Gasteiger partial charge < -0.3 is 14.7 Å². The van der Waals surface area contributed by atoms with E-state index in [1.807, 2.05) is 30.3 Å². The van der Waals surface area contributed by atoms with Crippen LogP contribution in [-0.2, 0) is 13.0 Å². The van der Waals surface area contributed by atoms with Crippen molar-refractivity contribution in [2.45, 2.75) is 19.4 Å². The van der Waals surface area contributed by atoms with Crippen molar-refractivity contribution in [1.82, 2.24) is 20.4 Å². The number of amides is 2. The SMILES string of the molecule is CN(CCCc1ccccc1)C(=O)NCc1nc(-c2ccc(Cl)cc2)no1. The highest BCUT2D eigenvalue weighted by Crippen LogP contribution is 2.18. The first-order chi connectivity index (χ1) is 13.1. The van der Waals surface area contributed by atoms with Crippen LogP contribution in [0.2, 0.25) is 5.02 Å². The number of rotatable bonds is 7. The molecule has 3 aromatic rings. The highest BCUT2D eigenvalue weighted by molar-refractivity contribution is 6.30. The fourth-order valence-corrected chi connectivity index (χ4v) is 2.72. The molecule has 3 rings (SSSR count). The van der Waals surface area contributed by atoms with Crippen LogP contribution in [0.1, 0.15) is 17.9 Å². The van der Waals surface area contributed by atoms with Crippen LogP contribution in [0.3, 0.4) is 0 Å². The van der Waals surface area contributed by atoms with Crippen molar-refractivity contribution >= 4 is 17.6 Å². The summed E-state index contributed by atoms with van der Waals surface area (Å²) in [5.74, 6) is 0.818. The summed E-state index contributed by atoms with van der Waals surface area (Å²) in [5, 5.41) is 7.36. The molecule has 0 saturated heterocycles. The summed E-state index contributed by atoms with van der Waals surface area (Å²) in [4.78, 5) is 18.1. The first-order valence-electron chi connectivity index (χ1n) is 8.73. The minimum Gasteiger partial charge on any atom is -0.337 e. The van der Waals surface area contributed by atoms with Crippen molar-refractivity contribution in [3.63, 3.8) is 0 Å². The zero-order valence-electron chi connectivity index (χ0n) is 15.1. The molecule has 0 aliphatic rings. The summed E-state index contributed by atoms with van der Waals surface area (Å²) < 4.78 is 5.19. The number of nitrogens with zero attached hydrogens (tertiary/aromatic N) is 3. The topological polar surface area (TPSA) is 71.3 Å². The van der Waals surface area contributed by atoms with Gasteiger partial charge in [0.2, 0.25) is 11.7 Å². The third kappa shape index (κ3) is 5.56. The molecular weight excluding hydrogens is 364 g/mol. The smallest absolute Gasteiger partial charge is 0.317 e. The second-order valence-corrected chi connectivity index (χ2v) is 6.62. The molecule has 6 nitrogen and oxygen atoms in total. The Labute approximate surface area is 163 Å². The second kappa shape index (κ2) is 9.19. The van der Waals surface area contributed by atoms with Gasteiger partial charge >= 0.3 is 6.03 Å². The average Bonchev–Trinajstić information content (AvgIpc) is 3.16. The molecule has 27 heavy (non-hydrogen) atoms. The van der Waals surface area contributed by atoms with Crippen molar-refractivity contribution in [3.05, 3.63) is 71.1 Å². The first kappa shape index (κ1) is 18.9. The summed E-state index contributed by atoms with van der Waals surface area (Å²) in [6.07, 6.45) is 1.84. The van der Waals surface area contributed by atoms with Crippen molar-refractivity contribution in [3.8, 4) is 11.4 Å². The molecule has 0 unspecified atom stereocenters. The van der Waals surface area contributed by atoms with Gasteiger partial charge in [-0.2, -0.15) is 4.98 Å². The number of urea groups is 1. The van der Waals surface area contributed by atoms with Gasteiger partial charge in [0.1, 0.15) is 0 Å². The molecule has 1 aromatic heterocycles. The van der Waals surface area contributed by atoms with Gasteiger partial charge in [-0.1, -0.05) is 47.1 Å². The lowest BCUT2D eigenvalue weighted by Crippen LogP contribution is -2.37. The third-order valence-corrected chi connectivity index (χ3v) is 4.36. The Bertz CT molecular complexity index is 865. The predicted octanol–water partition coefficient (Wildman–Crippen LogP) is 4.16. The van der Waals surface area contributed by atoms with Gasteiger partial charge in [-0.3, -0.25) is 0 Å². The van der Waals surface area contributed by atoms with E-state index in [1.165, 1.54) is 5.56 Å². The monoisotopic (exact) mass is 384 g/mol. The largest absolute Gasteiger partial charge is 0.337 e. The lowest BCUT2D eigenvalue weighted by atomic mass is 10.1. The summed E-state index contributed by atoms with van der Waals surface area (Å²) in [6.45, 7) is 0.850. The lowest BCUT2D eigenvalue weighted by molar-refractivity contribution is 0.206. The number of halogens is 1. The number of carbonyl (C=O) groups is 1. The standard InChI is InChI=1S/C20H21ClN4O2/c1-25(13-5-8-15-6-3-2-4-7-15)20(26)22-14-18-23-19(24-27-18)16-9-11-17(21)12-10-16/h2-4,6-7,9-12H,5,8,13-14H2,1H3,(H,22,26). The van der Waals surface area contributed by atoms with E-state index < -0.39 is 0 Å². The van der Waals surface area contributed by atoms with Crippen LogP contribution in [0, 0.1) is 0 Å².